The van der Waals surface area contributed by atoms with Crippen LogP contribution < -0.4 is 22.5 Å². The predicted octanol–water partition coefficient (Wildman–Crippen LogP) is -0.380. The van der Waals surface area contributed by atoms with Crippen LogP contribution in [0.2, 0.25) is 0 Å². The molecular formula is C14H30N4O3. The molecule has 0 aromatic rings. The number of ether oxygens (including phenoxy) is 1. The third kappa shape index (κ3) is 9.38. The Balaban J connectivity index is 4.34. The van der Waals surface area contributed by atoms with E-state index in [-0.39, 0.29) is 12.5 Å². The van der Waals surface area contributed by atoms with E-state index in [1.807, 2.05) is 0 Å². The average Bonchev–Trinajstić information content (AvgIpc) is 2.46. The van der Waals surface area contributed by atoms with Gasteiger partial charge < -0.3 is 27.3 Å². The molecule has 0 aromatic heterocycles. The lowest BCUT2D eigenvalue weighted by atomic mass is 10.1. The first kappa shape index (κ1) is 19.8. The number of hydrogen-bond acceptors (Lipinski definition) is 6. The monoisotopic (exact) mass is 302 g/mol. The highest BCUT2D eigenvalue weighted by atomic mass is 16.5. The molecule has 7 heteroatoms. The summed E-state index contributed by atoms with van der Waals surface area (Å²) in [7, 11) is 0. The van der Waals surface area contributed by atoms with Gasteiger partial charge in [-0.1, -0.05) is 6.42 Å². The fourth-order valence-electron chi connectivity index (χ4n) is 1.90. The molecule has 0 heterocycles. The topological polar surface area (TPSA) is 133 Å². The summed E-state index contributed by atoms with van der Waals surface area (Å²) in [5.41, 5.74) is 16.6. The zero-order valence-electron chi connectivity index (χ0n) is 13.0. The standard InChI is InChI=1S/C14H30N4O3/c1-2-21-14(20)12(8-4-6-10-16)18-13(19)11(17)7-3-5-9-15/h11-12H,2-10,15-17H2,1H3,(H,18,19)/t11-,12-/m0/s1. The number of nitrogens with one attached hydrogen (secondary N) is 1. The normalized spacial score (nSPS) is 13.5. The SMILES string of the molecule is CCOC(=O)[C@H](CCCCN)NC(=O)[C@@H](N)CCCCN. The Morgan fingerprint density at radius 2 is 1.62 bits per heavy atom. The maximum absolute atomic E-state index is 12.0. The molecule has 0 bridgehead atoms. The second-order valence-electron chi connectivity index (χ2n) is 4.99. The fourth-order valence-corrected chi connectivity index (χ4v) is 1.90. The van der Waals surface area contributed by atoms with Crippen LogP contribution in [0.5, 0.6) is 0 Å². The molecule has 0 spiro atoms. The minimum Gasteiger partial charge on any atom is -0.464 e. The van der Waals surface area contributed by atoms with E-state index >= 15 is 0 Å². The van der Waals surface area contributed by atoms with Crippen molar-refractivity contribution in [1.29, 1.82) is 0 Å². The summed E-state index contributed by atoms with van der Waals surface area (Å²) < 4.78 is 4.97. The molecule has 0 unspecified atom stereocenters. The summed E-state index contributed by atoms with van der Waals surface area (Å²) in [6, 6.07) is -1.27. The van der Waals surface area contributed by atoms with Crippen LogP contribution in [0.4, 0.5) is 0 Å². The van der Waals surface area contributed by atoms with Crippen LogP contribution in [-0.2, 0) is 14.3 Å². The molecule has 0 saturated heterocycles. The van der Waals surface area contributed by atoms with E-state index in [2.05, 4.69) is 5.32 Å². The van der Waals surface area contributed by atoms with Crippen molar-refractivity contribution in [2.24, 2.45) is 17.2 Å². The van der Waals surface area contributed by atoms with Gasteiger partial charge in [0.25, 0.3) is 0 Å². The van der Waals surface area contributed by atoms with E-state index in [4.69, 9.17) is 21.9 Å². The smallest absolute Gasteiger partial charge is 0.328 e. The Morgan fingerprint density at radius 3 is 2.14 bits per heavy atom. The van der Waals surface area contributed by atoms with Gasteiger partial charge in [0.1, 0.15) is 6.04 Å². The third-order valence-electron chi connectivity index (χ3n) is 3.14. The zero-order valence-corrected chi connectivity index (χ0v) is 13.0. The maximum Gasteiger partial charge on any atom is 0.328 e. The van der Waals surface area contributed by atoms with Crippen LogP contribution in [0.1, 0.15) is 45.4 Å². The largest absolute Gasteiger partial charge is 0.464 e. The molecule has 0 radical (unpaired) electrons. The lowest BCUT2D eigenvalue weighted by Crippen LogP contribution is -2.49. The number of esters is 1. The van der Waals surface area contributed by atoms with Crippen LogP contribution in [0.3, 0.4) is 0 Å². The van der Waals surface area contributed by atoms with Gasteiger partial charge in [0.15, 0.2) is 0 Å². The van der Waals surface area contributed by atoms with Gasteiger partial charge >= 0.3 is 5.97 Å². The predicted molar refractivity (Wildman–Crippen MR) is 82.3 cm³/mol. The molecule has 7 N–H and O–H groups in total. The molecule has 0 aromatic carbocycles. The van der Waals surface area contributed by atoms with Gasteiger partial charge in [-0.15, -0.1) is 0 Å². The summed E-state index contributed by atoms with van der Waals surface area (Å²) in [4.78, 5) is 23.8. The Labute approximate surface area is 126 Å². The lowest BCUT2D eigenvalue weighted by molar-refractivity contribution is -0.147. The van der Waals surface area contributed by atoms with Crippen molar-refractivity contribution in [3.05, 3.63) is 0 Å². The van der Waals surface area contributed by atoms with E-state index < -0.39 is 18.1 Å². The van der Waals surface area contributed by atoms with Gasteiger partial charge in [-0.25, -0.2) is 4.79 Å². The van der Waals surface area contributed by atoms with Crippen LogP contribution in [0.15, 0.2) is 0 Å². The summed E-state index contributed by atoms with van der Waals surface area (Å²) >= 11 is 0. The molecule has 7 nitrogen and oxygen atoms in total. The Hall–Kier alpha value is -1.18. The minimum atomic E-state index is -0.649. The Kier molecular flexibility index (Phi) is 11.8. The van der Waals surface area contributed by atoms with Crippen molar-refractivity contribution < 1.29 is 14.3 Å². The van der Waals surface area contributed by atoms with Crippen molar-refractivity contribution in [2.45, 2.75) is 57.5 Å². The molecule has 2 atom stereocenters. The van der Waals surface area contributed by atoms with Crippen molar-refractivity contribution >= 4 is 11.9 Å². The number of rotatable bonds is 12. The first-order valence-corrected chi connectivity index (χ1v) is 7.69. The van der Waals surface area contributed by atoms with Crippen molar-refractivity contribution in [1.82, 2.24) is 5.32 Å². The van der Waals surface area contributed by atoms with Crippen LogP contribution in [0, 0.1) is 0 Å². The van der Waals surface area contributed by atoms with E-state index in [0.717, 1.165) is 25.7 Å². The Bertz CT molecular complexity index is 300. The van der Waals surface area contributed by atoms with Crippen molar-refractivity contribution in [3.8, 4) is 0 Å². The Morgan fingerprint density at radius 1 is 1.05 bits per heavy atom. The second-order valence-corrected chi connectivity index (χ2v) is 4.99. The second kappa shape index (κ2) is 12.6. The van der Waals surface area contributed by atoms with E-state index in [9.17, 15) is 9.59 Å². The summed E-state index contributed by atoms with van der Waals surface area (Å²) in [5.74, 6) is -0.741. The maximum atomic E-state index is 12.0. The van der Waals surface area contributed by atoms with Gasteiger partial charge in [-0.2, -0.15) is 0 Å². The molecule has 124 valence electrons. The quantitative estimate of drug-likeness (QED) is 0.287. The highest BCUT2D eigenvalue weighted by molar-refractivity contribution is 5.87. The molecule has 0 aliphatic carbocycles. The first-order valence-electron chi connectivity index (χ1n) is 7.69. The van der Waals surface area contributed by atoms with Gasteiger partial charge in [0.05, 0.1) is 12.6 Å². The molecule has 0 fully saturated rings. The number of amides is 1. The highest BCUT2D eigenvalue weighted by Gasteiger charge is 2.24. The van der Waals surface area contributed by atoms with Gasteiger partial charge in [-0.05, 0) is 52.1 Å². The van der Waals surface area contributed by atoms with Gasteiger partial charge in [0, 0.05) is 0 Å². The lowest BCUT2D eigenvalue weighted by Gasteiger charge is -2.19. The highest BCUT2D eigenvalue weighted by Crippen LogP contribution is 2.05. The van der Waals surface area contributed by atoms with Crippen LogP contribution in [-0.4, -0.2) is 43.7 Å². The summed E-state index contributed by atoms with van der Waals surface area (Å²) in [5, 5.41) is 2.68. The van der Waals surface area contributed by atoms with E-state index in [1.165, 1.54) is 0 Å². The number of unbranched alkanes of at least 4 members (excludes halogenated alkanes) is 2. The summed E-state index contributed by atoms with van der Waals surface area (Å²) in [6.45, 7) is 3.15. The number of hydrogen-bond donors (Lipinski definition) is 4. The molecule has 0 saturated carbocycles. The third-order valence-corrected chi connectivity index (χ3v) is 3.14. The van der Waals surface area contributed by atoms with E-state index in [0.29, 0.717) is 25.9 Å². The minimum absolute atomic E-state index is 0.282. The first-order chi connectivity index (χ1) is 10.1. The van der Waals surface area contributed by atoms with E-state index in [1.54, 1.807) is 6.92 Å². The zero-order chi connectivity index (χ0) is 16.1. The fraction of sp³-hybridized carbons (Fsp3) is 0.857. The van der Waals surface area contributed by atoms with Gasteiger partial charge in [-0.3, -0.25) is 4.79 Å². The van der Waals surface area contributed by atoms with Gasteiger partial charge in [0.2, 0.25) is 5.91 Å². The van der Waals surface area contributed by atoms with Crippen LogP contribution in [0.25, 0.3) is 0 Å². The molecule has 1 amide bonds. The van der Waals surface area contributed by atoms with Crippen molar-refractivity contribution in [3.63, 3.8) is 0 Å². The molecule has 0 aliphatic heterocycles. The molecule has 0 rings (SSSR count). The van der Waals surface area contributed by atoms with Crippen molar-refractivity contribution in [2.75, 3.05) is 19.7 Å². The van der Waals surface area contributed by atoms with Crippen LogP contribution >= 0.6 is 0 Å². The number of carbonyl (C=O) groups is 2. The average molecular weight is 302 g/mol. The number of nitrogens with two attached hydrogens (primary N) is 3. The summed E-state index contributed by atoms with van der Waals surface area (Å²) in [6.07, 6.45) is 4.25. The molecule has 21 heavy (non-hydrogen) atoms. The molecular weight excluding hydrogens is 272 g/mol. The number of carbonyl (C=O) groups excluding carboxylic acids is 2. The molecule has 0 aliphatic rings.